The van der Waals surface area contributed by atoms with E-state index in [0.29, 0.717) is 12.2 Å². The Hall–Kier alpha value is -1.49. The minimum absolute atomic E-state index is 0.680. The normalized spacial score (nSPS) is 8.70. The van der Waals surface area contributed by atoms with Crippen LogP contribution < -0.4 is 0 Å². The van der Waals surface area contributed by atoms with E-state index in [1.165, 1.54) is 0 Å². The van der Waals surface area contributed by atoms with E-state index in [0.717, 1.165) is 0 Å². The van der Waals surface area contributed by atoms with Crippen molar-refractivity contribution in [1.82, 2.24) is 4.57 Å². The Bertz CT molecular complexity index is 265. The molecular weight excluding hydrogens is 124 g/mol. The second kappa shape index (κ2) is 2.88. The third-order valence-corrected chi connectivity index (χ3v) is 1.27. The summed E-state index contributed by atoms with van der Waals surface area (Å²) in [6.45, 7) is 4.28. The molecule has 1 aromatic heterocycles. The van der Waals surface area contributed by atoms with Crippen molar-refractivity contribution in [3.05, 3.63) is 36.7 Å². The largest absolute Gasteiger partial charge is 0.336 e. The Morgan fingerprint density at radius 3 is 3.20 bits per heavy atom. The minimum atomic E-state index is 0.680. The Morgan fingerprint density at radius 1 is 1.80 bits per heavy atom. The number of allylic oxidation sites excluding steroid dienone is 1. The number of hydrogen-bond donors (Lipinski definition) is 0. The lowest BCUT2D eigenvalue weighted by atomic mass is 10.4. The van der Waals surface area contributed by atoms with Crippen LogP contribution in [0.15, 0.2) is 31.0 Å². The van der Waals surface area contributed by atoms with Gasteiger partial charge >= 0.3 is 0 Å². The Kier molecular flexibility index (Phi) is 1.91. The smallest absolute Gasteiger partial charge is 0.120 e. The summed E-state index contributed by atoms with van der Waals surface area (Å²) in [5.41, 5.74) is 0.680. The van der Waals surface area contributed by atoms with Crippen LogP contribution in [-0.4, -0.2) is 4.57 Å². The first kappa shape index (κ1) is 6.63. The summed E-state index contributed by atoms with van der Waals surface area (Å²) >= 11 is 0. The molecule has 0 bridgehead atoms. The van der Waals surface area contributed by atoms with E-state index in [-0.39, 0.29) is 0 Å². The van der Waals surface area contributed by atoms with E-state index in [9.17, 15) is 0 Å². The van der Waals surface area contributed by atoms with Gasteiger partial charge in [0.1, 0.15) is 11.8 Å². The van der Waals surface area contributed by atoms with Crippen molar-refractivity contribution in [2.45, 2.75) is 6.54 Å². The van der Waals surface area contributed by atoms with Gasteiger partial charge in [0.2, 0.25) is 0 Å². The molecule has 0 radical (unpaired) electrons. The van der Waals surface area contributed by atoms with Crippen molar-refractivity contribution in [2.75, 3.05) is 0 Å². The van der Waals surface area contributed by atoms with E-state index >= 15 is 0 Å². The Balaban J connectivity index is 2.92. The van der Waals surface area contributed by atoms with Gasteiger partial charge in [0.05, 0.1) is 0 Å². The van der Waals surface area contributed by atoms with Crippen LogP contribution in [0.4, 0.5) is 0 Å². The van der Waals surface area contributed by atoms with Gasteiger partial charge in [0, 0.05) is 12.7 Å². The molecule has 50 valence electrons. The van der Waals surface area contributed by atoms with Gasteiger partial charge in [-0.2, -0.15) is 5.26 Å². The molecule has 0 aliphatic heterocycles. The van der Waals surface area contributed by atoms with Gasteiger partial charge in [0.25, 0.3) is 0 Å². The highest BCUT2D eigenvalue weighted by atomic mass is 14.9. The average molecular weight is 132 g/mol. The maximum atomic E-state index is 8.53. The highest BCUT2D eigenvalue weighted by Crippen LogP contribution is 1.99. The van der Waals surface area contributed by atoms with Crippen molar-refractivity contribution in [2.24, 2.45) is 0 Å². The number of hydrogen-bond acceptors (Lipinski definition) is 1. The maximum absolute atomic E-state index is 8.53. The Morgan fingerprint density at radius 2 is 2.60 bits per heavy atom. The fourth-order valence-electron chi connectivity index (χ4n) is 0.814. The fraction of sp³-hybridized carbons (Fsp3) is 0.125. The first-order valence-electron chi connectivity index (χ1n) is 3.04. The zero-order chi connectivity index (χ0) is 7.40. The van der Waals surface area contributed by atoms with Crippen molar-refractivity contribution in [3.8, 4) is 6.07 Å². The third-order valence-electron chi connectivity index (χ3n) is 1.27. The molecule has 0 unspecified atom stereocenters. The van der Waals surface area contributed by atoms with Crippen LogP contribution in [0.1, 0.15) is 5.69 Å². The summed E-state index contributed by atoms with van der Waals surface area (Å²) in [5, 5.41) is 8.53. The Labute approximate surface area is 60.0 Å². The predicted octanol–water partition coefficient (Wildman–Crippen LogP) is 1.55. The number of rotatable bonds is 2. The number of nitrogens with zero attached hydrogens (tertiary/aromatic N) is 2. The van der Waals surface area contributed by atoms with Crippen molar-refractivity contribution < 1.29 is 0 Å². The lowest BCUT2D eigenvalue weighted by Gasteiger charge is -1.96. The molecule has 0 saturated heterocycles. The molecule has 0 aromatic carbocycles. The van der Waals surface area contributed by atoms with Gasteiger partial charge < -0.3 is 4.57 Å². The quantitative estimate of drug-likeness (QED) is 0.561. The first-order chi connectivity index (χ1) is 4.88. The van der Waals surface area contributed by atoms with Crippen LogP contribution in [0.3, 0.4) is 0 Å². The van der Waals surface area contributed by atoms with Crippen LogP contribution in [0.25, 0.3) is 0 Å². The summed E-state index contributed by atoms with van der Waals surface area (Å²) in [7, 11) is 0. The van der Waals surface area contributed by atoms with Gasteiger partial charge in [-0.1, -0.05) is 6.08 Å². The summed E-state index contributed by atoms with van der Waals surface area (Å²) in [6, 6.07) is 5.71. The summed E-state index contributed by atoms with van der Waals surface area (Å²) < 4.78 is 1.84. The van der Waals surface area contributed by atoms with Crippen LogP contribution in [-0.2, 0) is 6.54 Å². The van der Waals surface area contributed by atoms with Crippen molar-refractivity contribution in [3.63, 3.8) is 0 Å². The predicted molar refractivity (Wildman–Crippen MR) is 39.3 cm³/mol. The molecule has 0 spiro atoms. The average Bonchev–Trinajstić information content (AvgIpc) is 2.36. The van der Waals surface area contributed by atoms with Crippen LogP contribution >= 0.6 is 0 Å². The van der Waals surface area contributed by atoms with Gasteiger partial charge in [-0.3, -0.25) is 0 Å². The summed E-state index contributed by atoms with van der Waals surface area (Å²) in [5.74, 6) is 0. The standard InChI is InChI=1S/C8H8N2/c1-2-5-10-6-3-4-8(10)7-9/h2-4,6H,1,5H2. The summed E-state index contributed by atoms with van der Waals surface area (Å²) in [4.78, 5) is 0. The van der Waals surface area contributed by atoms with E-state index in [2.05, 4.69) is 12.6 Å². The monoisotopic (exact) mass is 132 g/mol. The second-order valence-electron chi connectivity index (χ2n) is 1.95. The molecule has 1 heterocycles. The van der Waals surface area contributed by atoms with E-state index in [4.69, 9.17) is 5.26 Å². The lowest BCUT2D eigenvalue weighted by molar-refractivity contribution is 0.818. The molecule has 10 heavy (non-hydrogen) atoms. The highest BCUT2D eigenvalue weighted by Gasteiger charge is 1.93. The molecule has 0 aliphatic carbocycles. The molecule has 0 fully saturated rings. The zero-order valence-corrected chi connectivity index (χ0v) is 5.62. The molecule has 1 aromatic rings. The highest BCUT2D eigenvalue weighted by molar-refractivity contribution is 5.22. The lowest BCUT2D eigenvalue weighted by Crippen LogP contribution is -1.94. The third kappa shape index (κ3) is 1.08. The van der Waals surface area contributed by atoms with E-state index in [1.54, 1.807) is 12.1 Å². The molecule has 0 atom stereocenters. The minimum Gasteiger partial charge on any atom is -0.336 e. The van der Waals surface area contributed by atoms with Crippen LogP contribution in [0, 0.1) is 11.3 Å². The molecule has 2 nitrogen and oxygen atoms in total. The maximum Gasteiger partial charge on any atom is 0.120 e. The van der Waals surface area contributed by atoms with E-state index in [1.807, 2.05) is 16.8 Å². The molecule has 1 rings (SSSR count). The SMILES string of the molecule is C=CCn1cccc1C#N. The van der Waals surface area contributed by atoms with Gasteiger partial charge in [0.15, 0.2) is 0 Å². The second-order valence-corrected chi connectivity index (χ2v) is 1.95. The topological polar surface area (TPSA) is 28.7 Å². The van der Waals surface area contributed by atoms with Crippen molar-refractivity contribution in [1.29, 1.82) is 5.26 Å². The van der Waals surface area contributed by atoms with Crippen molar-refractivity contribution >= 4 is 0 Å². The van der Waals surface area contributed by atoms with E-state index < -0.39 is 0 Å². The number of nitriles is 1. The van der Waals surface area contributed by atoms with Gasteiger partial charge in [-0.25, -0.2) is 0 Å². The molecule has 0 aliphatic rings. The first-order valence-corrected chi connectivity index (χ1v) is 3.04. The van der Waals surface area contributed by atoms with Crippen LogP contribution in [0.2, 0.25) is 0 Å². The van der Waals surface area contributed by atoms with Crippen LogP contribution in [0.5, 0.6) is 0 Å². The molecule has 0 N–H and O–H groups in total. The zero-order valence-electron chi connectivity index (χ0n) is 5.62. The van der Waals surface area contributed by atoms with Gasteiger partial charge in [-0.15, -0.1) is 6.58 Å². The summed E-state index contributed by atoms with van der Waals surface area (Å²) in [6.07, 6.45) is 3.63. The molecular formula is C8H8N2. The number of aromatic nitrogens is 1. The fourth-order valence-corrected chi connectivity index (χ4v) is 0.814. The molecule has 0 saturated carbocycles. The van der Waals surface area contributed by atoms with Gasteiger partial charge in [-0.05, 0) is 12.1 Å². The molecule has 0 amide bonds. The molecule has 2 heteroatoms.